The average Bonchev–Trinajstić information content (AvgIpc) is 2.79. The summed E-state index contributed by atoms with van der Waals surface area (Å²) in [4.78, 5) is 12.6. The fraction of sp³-hybridized carbons (Fsp3) is 0.136. The number of anilines is 2. The molecule has 10 heteroatoms. The van der Waals surface area contributed by atoms with E-state index in [0.717, 1.165) is 4.31 Å². The van der Waals surface area contributed by atoms with Crippen LogP contribution in [0.3, 0.4) is 0 Å². The molecule has 3 aromatic carbocycles. The number of methoxy groups -OCH3 is 2. The first kappa shape index (κ1) is 23.7. The Bertz CT molecular complexity index is 1230. The van der Waals surface area contributed by atoms with Gasteiger partial charge in [0.1, 0.15) is 22.9 Å². The average molecular weight is 495 g/mol. The van der Waals surface area contributed by atoms with Crippen molar-refractivity contribution in [2.75, 3.05) is 30.4 Å². The molecule has 0 saturated carbocycles. The highest BCUT2D eigenvalue weighted by molar-refractivity contribution is 7.93. The number of rotatable bonds is 8. The normalized spacial score (nSPS) is 11.0. The maximum atomic E-state index is 13.6. The second kappa shape index (κ2) is 10.1. The zero-order valence-corrected chi connectivity index (χ0v) is 19.5. The molecule has 0 heterocycles. The molecule has 0 atom stereocenters. The van der Waals surface area contributed by atoms with E-state index < -0.39 is 22.5 Å². The van der Waals surface area contributed by atoms with E-state index in [1.165, 1.54) is 38.5 Å². The summed E-state index contributed by atoms with van der Waals surface area (Å²) in [5.41, 5.74) is 0.624. The lowest BCUT2D eigenvalue weighted by Gasteiger charge is -2.26. The zero-order valence-electron chi connectivity index (χ0n) is 17.2. The molecule has 0 unspecified atom stereocenters. The predicted octanol–water partition coefficient (Wildman–Crippen LogP) is 4.84. The summed E-state index contributed by atoms with van der Waals surface area (Å²) in [5, 5.41) is 2.84. The van der Waals surface area contributed by atoms with Gasteiger partial charge in [-0.2, -0.15) is 0 Å². The Kier molecular flexibility index (Phi) is 7.50. The monoisotopic (exact) mass is 494 g/mol. The molecule has 7 nitrogen and oxygen atoms in total. The van der Waals surface area contributed by atoms with Crippen molar-refractivity contribution in [2.24, 2.45) is 0 Å². The standard InChI is InChI=1S/C22H20Cl2N2O5S/c1-30-17-7-5-6-16(13-17)25-22(27)14-26(19-8-3-4-9-20(19)31-2)32(28,29)21-12-15(23)10-11-18(21)24/h3-13H,14H2,1-2H3,(H,25,27). The molecule has 1 N–H and O–H groups in total. The Labute approximate surface area is 196 Å². The number of hydrogen-bond donors (Lipinski definition) is 1. The maximum Gasteiger partial charge on any atom is 0.266 e. The van der Waals surface area contributed by atoms with Crippen LogP contribution >= 0.6 is 23.2 Å². The highest BCUT2D eigenvalue weighted by Gasteiger charge is 2.31. The molecule has 0 aliphatic carbocycles. The third kappa shape index (κ3) is 5.27. The van der Waals surface area contributed by atoms with E-state index in [0.29, 0.717) is 11.4 Å². The van der Waals surface area contributed by atoms with Crippen LogP contribution in [-0.2, 0) is 14.8 Å². The van der Waals surface area contributed by atoms with Gasteiger partial charge in [0.05, 0.1) is 24.9 Å². The van der Waals surface area contributed by atoms with Crippen LogP contribution in [0.15, 0.2) is 71.6 Å². The number of hydrogen-bond acceptors (Lipinski definition) is 5. The topological polar surface area (TPSA) is 84.9 Å². The molecule has 168 valence electrons. The van der Waals surface area contributed by atoms with Crippen molar-refractivity contribution in [1.29, 1.82) is 0 Å². The lowest BCUT2D eigenvalue weighted by molar-refractivity contribution is -0.114. The summed E-state index contributed by atoms with van der Waals surface area (Å²) in [6.07, 6.45) is 0. The summed E-state index contributed by atoms with van der Waals surface area (Å²) in [6.45, 7) is -0.539. The minimum atomic E-state index is -4.29. The Hall–Kier alpha value is -2.94. The molecule has 0 bridgehead atoms. The highest BCUT2D eigenvalue weighted by atomic mass is 35.5. The van der Waals surface area contributed by atoms with Crippen LogP contribution < -0.4 is 19.1 Å². The van der Waals surface area contributed by atoms with Gasteiger partial charge >= 0.3 is 0 Å². The number of amides is 1. The number of ether oxygens (including phenoxy) is 2. The Morgan fingerprint density at radius 3 is 2.44 bits per heavy atom. The molecule has 0 aliphatic heterocycles. The quantitative estimate of drug-likeness (QED) is 0.483. The Balaban J connectivity index is 2.03. The lowest BCUT2D eigenvalue weighted by Crippen LogP contribution is -2.38. The molecule has 0 fully saturated rings. The lowest BCUT2D eigenvalue weighted by atomic mass is 10.3. The number of carbonyl (C=O) groups is 1. The van der Waals surface area contributed by atoms with Gasteiger partial charge in [0, 0.05) is 16.8 Å². The molecule has 0 aromatic heterocycles. The molecule has 32 heavy (non-hydrogen) atoms. The van der Waals surface area contributed by atoms with Crippen LogP contribution in [0.2, 0.25) is 10.0 Å². The van der Waals surface area contributed by atoms with Crippen molar-refractivity contribution in [2.45, 2.75) is 4.90 Å². The number of nitrogens with zero attached hydrogens (tertiary/aromatic N) is 1. The van der Waals surface area contributed by atoms with Gasteiger partial charge in [-0.1, -0.05) is 41.4 Å². The van der Waals surface area contributed by atoms with E-state index >= 15 is 0 Å². The van der Waals surface area contributed by atoms with Crippen molar-refractivity contribution in [3.63, 3.8) is 0 Å². The third-order valence-electron chi connectivity index (χ3n) is 4.46. The van der Waals surface area contributed by atoms with E-state index in [9.17, 15) is 13.2 Å². The van der Waals surface area contributed by atoms with E-state index in [1.54, 1.807) is 42.5 Å². The largest absolute Gasteiger partial charge is 0.497 e. The van der Waals surface area contributed by atoms with Crippen molar-refractivity contribution < 1.29 is 22.7 Å². The van der Waals surface area contributed by atoms with E-state index in [2.05, 4.69) is 5.32 Å². The van der Waals surface area contributed by atoms with Crippen molar-refractivity contribution in [3.8, 4) is 11.5 Å². The van der Waals surface area contributed by atoms with E-state index in [-0.39, 0.29) is 26.4 Å². The van der Waals surface area contributed by atoms with Crippen LogP contribution in [0.25, 0.3) is 0 Å². The van der Waals surface area contributed by atoms with Gasteiger partial charge in [-0.3, -0.25) is 9.10 Å². The summed E-state index contributed by atoms with van der Waals surface area (Å²) in [5.74, 6) is 0.233. The molecule has 0 saturated heterocycles. The van der Waals surface area contributed by atoms with Crippen molar-refractivity contribution in [3.05, 3.63) is 76.8 Å². The fourth-order valence-electron chi connectivity index (χ4n) is 2.96. The second-order valence-corrected chi connectivity index (χ2v) is 9.21. The van der Waals surface area contributed by atoms with Crippen LogP contribution in [0.1, 0.15) is 0 Å². The van der Waals surface area contributed by atoms with Gasteiger partial charge < -0.3 is 14.8 Å². The Morgan fingerprint density at radius 2 is 1.72 bits per heavy atom. The van der Waals surface area contributed by atoms with Crippen molar-refractivity contribution in [1.82, 2.24) is 0 Å². The van der Waals surface area contributed by atoms with Crippen molar-refractivity contribution >= 4 is 50.5 Å². The summed E-state index contributed by atoms with van der Waals surface area (Å²) in [7, 11) is -1.37. The van der Waals surface area contributed by atoms with E-state index in [4.69, 9.17) is 32.7 Å². The smallest absolute Gasteiger partial charge is 0.266 e. The van der Waals surface area contributed by atoms with Gasteiger partial charge in [0.15, 0.2) is 0 Å². The molecule has 3 rings (SSSR count). The number of halogens is 2. The molecule has 0 radical (unpaired) electrons. The molecule has 0 aliphatic rings. The molecular weight excluding hydrogens is 475 g/mol. The Morgan fingerprint density at radius 1 is 0.969 bits per heavy atom. The number of carbonyl (C=O) groups excluding carboxylic acids is 1. The first-order chi connectivity index (χ1) is 15.3. The van der Waals surface area contributed by atoms with Crippen LogP contribution in [-0.4, -0.2) is 35.1 Å². The first-order valence-electron chi connectivity index (χ1n) is 9.31. The van der Waals surface area contributed by atoms with Crippen LogP contribution in [0.4, 0.5) is 11.4 Å². The SMILES string of the molecule is COc1cccc(NC(=O)CN(c2ccccc2OC)S(=O)(=O)c2cc(Cl)ccc2Cl)c1. The third-order valence-corrected chi connectivity index (χ3v) is 6.93. The van der Waals surface area contributed by atoms with E-state index in [1.807, 2.05) is 0 Å². The van der Waals surface area contributed by atoms with Gasteiger partial charge in [-0.25, -0.2) is 8.42 Å². The summed E-state index contributed by atoms with van der Waals surface area (Å²) in [6, 6.07) is 17.3. The second-order valence-electron chi connectivity index (χ2n) is 6.54. The first-order valence-corrected chi connectivity index (χ1v) is 11.5. The molecule has 0 spiro atoms. The van der Waals surface area contributed by atoms with Crippen LogP contribution in [0.5, 0.6) is 11.5 Å². The fourth-order valence-corrected chi connectivity index (χ4v) is 5.13. The van der Waals surface area contributed by atoms with Gasteiger partial charge in [-0.15, -0.1) is 0 Å². The minimum absolute atomic E-state index is 0.0255. The minimum Gasteiger partial charge on any atom is -0.497 e. The number of benzene rings is 3. The molecular formula is C22H20Cl2N2O5S. The number of para-hydroxylation sites is 2. The van der Waals surface area contributed by atoms with Gasteiger partial charge in [-0.05, 0) is 42.5 Å². The van der Waals surface area contributed by atoms with Gasteiger partial charge in [0.25, 0.3) is 10.0 Å². The summed E-state index contributed by atoms with van der Waals surface area (Å²) < 4.78 is 38.6. The highest BCUT2D eigenvalue weighted by Crippen LogP contribution is 2.35. The number of sulfonamides is 1. The zero-order chi connectivity index (χ0) is 23.3. The summed E-state index contributed by atoms with van der Waals surface area (Å²) >= 11 is 12.2. The number of nitrogens with one attached hydrogen (secondary N) is 1. The van der Waals surface area contributed by atoms with Crippen LogP contribution in [0, 0.1) is 0 Å². The van der Waals surface area contributed by atoms with Gasteiger partial charge in [0.2, 0.25) is 5.91 Å². The molecule has 1 amide bonds. The molecule has 3 aromatic rings. The maximum absolute atomic E-state index is 13.6. The predicted molar refractivity (Wildman–Crippen MR) is 126 cm³/mol.